The van der Waals surface area contributed by atoms with Crippen LogP contribution in [0.1, 0.15) is 38.3 Å². The third kappa shape index (κ3) is 4.44. The lowest BCUT2D eigenvalue weighted by Crippen LogP contribution is -2.32. The van der Waals surface area contributed by atoms with Gasteiger partial charge in [-0.25, -0.2) is 13.4 Å². The van der Waals surface area contributed by atoms with Gasteiger partial charge in [0.2, 0.25) is 5.78 Å². The fourth-order valence-corrected chi connectivity index (χ4v) is 4.89. The molecule has 1 aromatic carbocycles. The van der Waals surface area contributed by atoms with Crippen molar-refractivity contribution in [2.45, 2.75) is 31.8 Å². The van der Waals surface area contributed by atoms with Crippen molar-refractivity contribution in [2.24, 2.45) is 0 Å². The number of aromatic nitrogens is 3. The van der Waals surface area contributed by atoms with Crippen molar-refractivity contribution < 1.29 is 36.3 Å². The summed E-state index contributed by atoms with van der Waals surface area (Å²) >= 11 is 0. The minimum absolute atomic E-state index is 0.124. The zero-order valence-electron chi connectivity index (χ0n) is 18.7. The Balaban J connectivity index is 1.81. The van der Waals surface area contributed by atoms with Crippen LogP contribution in [0.15, 0.2) is 53.8 Å². The second kappa shape index (κ2) is 8.38. The predicted molar refractivity (Wildman–Crippen MR) is 120 cm³/mol. The van der Waals surface area contributed by atoms with Crippen LogP contribution in [0.3, 0.4) is 0 Å². The molecule has 0 spiro atoms. The number of anilines is 1. The number of pyridine rings is 2. The van der Waals surface area contributed by atoms with Gasteiger partial charge in [0.15, 0.2) is 0 Å². The van der Waals surface area contributed by atoms with Crippen molar-refractivity contribution in [1.29, 1.82) is 0 Å². The molecule has 3 heterocycles. The van der Waals surface area contributed by atoms with Gasteiger partial charge in [-0.2, -0.15) is 13.2 Å². The van der Waals surface area contributed by atoms with E-state index in [1.807, 2.05) is 0 Å². The first-order valence-electron chi connectivity index (χ1n) is 10.2. The number of aromatic amines is 1. The van der Waals surface area contributed by atoms with E-state index in [-0.39, 0.29) is 28.2 Å². The number of nitrogens with one attached hydrogen (secondary N) is 2. The van der Waals surface area contributed by atoms with Gasteiger partial charge in [-0.15, -0.1) is 0 Å². The number of carbonyl (C=O) groups excluding carboxylic acids is 1. The summed E-state index contributed by atoms with van der Waals surface area (Å²) in [6.07, 6.45) is -0.528. The Morgan fingerprint density at radius 2 is 1.83 bits per heavy atom. The van der Waals surface area contributed by atoms with E-state index in [1.54, 1.807) is 19.9 Å². The summed E-state index contributed by atoms with van der Waals surface area (Å²) in [5, 5.41) is 10.5. The molecule has 182 valence electrons. The Kier molecular flexibility index (Phi) is 5.79. The summed E-state index contributed by atoms with van der Waals surface area (Å²) < 4.78 is 69.1. The minimum atomic E-state index is -4.74. The van der Waals surface area contributed by atoms with Crippen molar-refractivity contribution in [1.82, 2.24) is 9.97 Å². The van der Waals surface area contributed by atoms with E-state index in [0.29, 0.717) is 22.6 Å². The molecule has 0 aliphatic rings. The van der Waals surface area contributed by atoms with Crippen LogP contribution in [0.2, 0.25) is 0 Å². The highest BCUT2D eigenvalue weighted by atomic mass is 32.2. The number of ketones is 1. The number of fused-ring (bicyclic) bond motifs is 1. The van der Waals surface area contributed by atoms with E-state index in [2.05, 4.69) is 14.7 Å². The van der Waals surface area contributed by atoms with Crippen LogP contribution in [0.5, 0.6) is 0 Å². The molecule has 0 saturated carbocycles. The number of sulfonamides is 1. The summed E-state index contributed by atoms with van der Waals surface area (Å²) in [7, 11) is -4.51. The van der Waals surface area contributed by atoms with Crippen LogP contribution in [0.4, 0.5) is 18.9 Å². The summed E-state index contributed by atoms with van der Waals surface area (Å²) in [5.41, 5.74) is -0.299. The second-order valence-corrected chi connectivity index (χ2v) is 9.77. The molecular formula is C23H20F3N4O4S+. The number of benzene rings is 1. The van der Waals surface area contributed by atoms with Crippen LogP contribution in [-0.2, 0) is 16.2 Å². The number of halogens is 3. The Labute approximate surface area is 198 Å². The van der Waals surface area contributed by atoms with E-state index >= 15 is 0 Å². The molecule has 0 fully saturated rings. The highest BCUT2D eigenvalue weighted by Gasteiger charge is 2.34. The van der Waals surface area contributed by atoms with Crippen molar-refractivity contribution in [3.63, 3.8) is 0 Å². The van der Waals surface area contributed by atoms with Crippen molar-refractivity contribution in [3.05, 3.63) is 82.4 Å². The number of aryl methyl sites for hydroxylation is 3. The molecule has 4 rings (SSSR count). The fraction of sp³-hybridized carbons (Fsp3) is 0.174. The number of hydrogen-bond acceptors (Lipinski definition) is 5. The lowest BCUT2D eigenvalue weighted by molar-refractivity contribution is -0.886. The molecule has 0 bridgehead atoms. The maximum absolute atomic E-state index is 13.5. The van der Waals surface area contributed by atoms with Crippen LogP contribution in [0.25, 0.3) is 11.0 Å². The van der Waals surface area contributed by atoms with Crippen LogP contribution in [0, 0.1) is 20.8 Å². The molecule has 8 nitrogen and oxygen atoms in total. The predicted octanol–water partition coefficient (Wildman–Crippen LogP) is 4.06. The van der Waals surface area contributed by atoms with Gasteiger partial charge < -0.3 is 5.21 Å². The number of H-pyrrole nitrogens is 1. The zero-order valence-corrected chi connectivity index (χ0v) is 19.5. The molecule has 0 atom stereocenters. The fourth-order valence-electron chi connectivity index (χ4n) is 3.80. The topological polar surface area (TPSA) is 116 Å². The summed E-state index contributed by atoms with van der Waals surface area (Å²) in [5.74, 6) is -0.634. The number of nitrogens with zero attached hydrogens (tertiary/aromatic N) is 2. The van der Waals surface area contributed by atoms with Gasteiger partial charge in [-0.3, -0.25) is 14.5 Å². The van der Waals surface area contributed by atoms with Crippen molar-refractivity contribution in [3.8, 4) is 0 Å². The lowest BCUT2D eigenvalue weighted by Gasteiger charge is -2.15. The summed E-state index contributed by atoms with van der Waals surface area (Å²) in [6, 6.07) is 5.62. The summed E-state index contributed by atoms with van der Waals surface area (Å²) in [6.45, 7) is 4.45. The number of rotatable bonds is 5. The third-order valence-electron chi connectivity index (χ3n) is 5.47. The van der Waals surface area contributed by atoms with Gasteiger partial charge >= 0.3 is 11.8 Å². The first-order chi connectivity index (χ1) is 16.3. The van der Waals surface area contributed by atoms with E-state index in [4.69, 9.17) is 0 Å². The van der Waals surface area contributed by atoms with Crippen LogP contribution in [-0.4, -0.2) is 29.4 Å². The molecule has 0 aliphatic heterocycles. The van der Waals surface area contributed by atoms with Crippen molar-refractivity contribution >= 4 is 32.5 Å². The Bertz CT molecular complexity index is 1590. The number of alkyl halides is 3. The molecule has 0 unspecified atom stereocenters. The highest BCUT2D eigenvalue weighted by Crippen LogP contribution is 2.34. The highest BCUT2D eigenvalue weighted by molar-refractivity contribution is 7.92. The molecule has 0 amide bonds. The van der Waals surface area contributed by atoms with Gasteiger partial charge in [0, 0.05) is 17.3 Å². The Hall–Kier alpha value is -3.93. The molecule has 0 saturated heterocycles. The monoisotopic (exact) mass is 505 g/mol. The number of hydrogen-bond donors (Lipinski definition) is 3. The molecular weight excluding hydrogens is 485 g/mol. The third-order valence-corrected chi connectivity index (χ3v) is 6.83. The van der Waals surface area contributed by atoms with E-state index in [9.17, 15) is 31.6 Å². The average Bonchev–Trinajstić information content (AvgIpc) is 3.23. The first-order valence-corrected chi connectivity index (χ1v) is 11.7. The van der Waals surface area contributed by atoms with Gasteiger partial charge in [-0.05, 0) is 56.2 Å². The van der Waals surface area contributed by atoms with Crippen LogP contribution < -0.4 is 9.45 Å². The lowest BCUT2D eigenvalue weighted by atomic mass is 10.00. The maximum atomic E-state index is 13.5. The Morgan fingerprint density at radius 3 is 2.51 bits per heavy atom. The van der Waals surface area contributed by atoms with Gasteiger partial charge in [0.05, 0.1) is 27.7 Å². The summed E-state index contributed by atoms with van der Waals surface area (Å²) in [4.78, 5) is 19.8. The molecule has 0 radical (unpaired) electrons. The van der Waals surface area contributed by atoms with E-state index < -0.39 is 32.4 Å². The molecule has 3 N–H and O–H groups in total. The molecule has 12 heteroatoms. The molecule has 0 aliphatic carbocycles. The standard InChI is InChI=1S/C23H19F3N4O4S/c1-12-8-18(29-35(33,34)15-5-4-13(2)17(9-15)23(24,25)26)20(28-10-12)21(31)19-14(3)11-30(32)22-16(19)6-7-27-22/h4-11,32H,1-3H3,(H,29,31)/p+1. The zero-order chi connectivity index (χ0) is 25.7. The first kappa shape index (κ1) is 24.2. The minimum Gasteiger partial charge on any atom is -0.350 e. The van der Waals surface area contributed by atoms with E-state index in [1.165, 1.54) is 31.6 Å². The quantitative estimate of drug-likeness (QED) is 0.215. The molecule has 4 aromatic rings. The van der Waals surface area contributed by atoms with Crippen molar-refractivity contribution in [2.75, 3.05) is 4.72 Å². The Morgan fingerprint density at radius 1 is 1.11 bits per heavy atom. The largest absolute Gasteiger partial charge is 0.416 e. The molecule has 3 aromatic heterocycles. The van der Waals surface area contributed by atoms with Gasteiger partial charge in [0.1, 0.15) is 11.9 Å². The average molecular weight is 505 g/mol. The van der Waals surface area contributed by atoms with E-state index in [0.717, 1.165) is 16.9 Å². The normalized spacial score (nSPS) is 12.2. The molecule has 35 heavy (non-hydrogen) atoms. The SMILES string of the molecule is Cc1cnc(C(=O)c2c(C)c[n+](O)c3[nH]ccc23)c(NS(=O)(=O)c2ccc(C)c(C(F)(F)F)c2)c1. The van der Waals surface area contributed by atoms with Gasteiger partial charge in [-0.1, -0.05) is 10.8 Å². The smallest absolute Gasteiger partial charge is 0.350 e. The van der Waals surface area contributed by atoms with Crippen LogP contribution >= 0.6 is 0 Å². The van der Waals surface area contributed by atoms with Gasteiger partial charge in [0.25, 0.3) is 10.0 Å². The maximum Gasteiger partial charge on any atom is 0.416 e. The number of carbonyl (C=O) groups is 1. The second-order valence-electron chi connectivity index (χ2n) is 8.09.